The topological polar surface area (TPSA) is 75.3 Å². The molecule has 6 heteroatoms. The molecular formula is C19H17N5O. The van der Waals surface area contributed by atoms with Crippen LogP contribution in [0.15, 0.2) is 73.2 Å². The molecule has 0 aliphatic heterocycles. The van der Waals surface area contributed by atoms with Crippen LogP contribution in [-0.2, 0) is 0 Å². The molecule has 4 rings (SSSR count). The highest BCUT2D eigenvalue weighted by Crippen LogP contribution is 2.22. The number of hydrogen-bond donors (Lipinski definition) is 2. The zero-order valence-electron chi connectivity index (χ0n) is 13.4. The Morgan fingerprint density at radius 1 is 1.00 bits per heavy atom. The lowest BCUT2D eigenvalue weighted by molar-refractivity contribution is 0.191. The van der Waals surface area contributed by atoms with Gasteiger partial charge in [-0.25, -0.2) is 4.98 Å². The van der Waals surface area contributed by atoms with Gasteiger partial charge in [0.15, 0.2) is 5.65 Å². The predicted octanol–water partition coefficient (Wildman–Crippen LogP) is 2.94. The minimum absolute atomic E-state index is 0.358. The van der Waals surface area contributed by atoms with Crippen molar-refractivity contribution in [2.75, 3.05) is 11.9 Å². The summed E-state index contributed by atoms with van der Waals surface area (Å²) in [4.78, 5) is 8.61. The molecule has 124 valence electrons. The molecule has 2 N–H and O–H groups in total. The Kier molecular flexibility index (Phi) is 4.10. The quantitative estimate of drug-likeness (QED) is 0.588. The van der Waals surface area contributed by atoms with Crippen LogP contribution in [-0.4, -0.2) is 31.2 Å². The second-order valence-corrected chi connectivity index (χ2v) is 5.67. The van der Waals surface area contributed by atoms with Crippen LogP contribution in [0.2, 0.25) is 0 Å². The number of hydrogen-bond acceptors (Lipinski definition) is 5. The number of aromatic nitrogens is 4. The van der Waals surface area contributed by atoms with E-state index in [-0.39, 0.29) is 0 Å². The van der Waals surface area contributed by atoms with E-state index in [1.54, 1.807) is 35.2 Å². The second-order valence-electron chi connectivity index (χ2n) is 5.67. The molecule has 0 saturated carbocycles. The fourth-order valence-electron chi connectivity index (χ4n) is 2.70. The van der Waals surface area contributed by atoms with Crippen LogP contribution in [0.25, 0.3) is 16.9 Å². The van der Waals surface area contributed by atoms with Gasteiger partial charge in [0.25, 0.3) is 0 Å². The van der Waals surface area contributed by atoms with E-state index in [9.17, 15) is 5.11 Å². The van der Waals surface area contributed by atoms with Gasteiger partial charge in [-0.3, -0.25) is 4.98 Å². The monoisotopic (exact) mass is 331 g/mol. The Hall–Kier alpha value is -3.25. The molecule has 0 bridgehead atoms. The minimum atomic E-state index is -0.637. The van der Waals surface area contributed by atoms with Crippen molar-refractivity contribution in [3.63, 3.8) is 0 Å². The Bertz CT molecular complexity index is 969. The van der Waals surface area contributed by atoms with Crippen molar-refractivity contribution in [2.24, 2.45) is 0 Å². The predicted molar refractivity (Wildman–Crippen MR) is 96.1 cm³/mol. The van der Waals surface area contributed by atoms with Crippen molar-refractivity contribution in [3.8, 4) is 11.3 Å². The Morgan fingerprint density at radius 3 is 2.60 bits per heavy atom. The normalized spacial score (nSPS) is 12.2. The van der Waals surface area contributed by atoms with Gasteiger partial charge in [0.2, 0.25) is 0 Å². The number of nitrogens with zero attached hydrogens (tertiary/aromatic N) is 4. The van der Waals surface area contributed by atoms with Gasteiger partial charge in [-0.15, -0.1) is 0 Å². The maximum absolute atomic E-state index is 10.4. The Balaban J connectivity index is 1.63. The summed E-state index contributed by atoms with van der Waals surface area (Å²) in [7, 11) is 0. The van der Waals surface area contributed by atoms with E-state index in [2.05, 4.69) is 20.4 Å². The van der Waals surface area contributed by atoms with Crippen molar-refractivity contribution in [1.82, 2.24) is 19.6 Å². The number of fused-ring (bicyclic) bond motifs is 1. The first-order chi connectivity index (χ1) is 12.3. The van der Waals surface area contributed by atoms with E-state index in [0.29, 0.717) is 6.54 Å². The zero-order chi connectivity index (χ0) is 17.1. The van der Waals surface area contributed by atoms with Gasteiger partial charge in [-0.05, 0) is 17.7 Å². The van der Waals surface area contributed by atoms with Gasteiger partial charge < -0.3 is 10.4 Å². The summed E-state index contributed by atoms with van der Waals surface area (Å²) >= 11 is 0. The second kappa shape index (κ2) is 6.70. The number of benzene rings is 1. The lowest BCUT2D eigenvalue weighted by Gasteiger charge is -2.14. The van der Waals surface area contributed by atoms with Gasteiger partial charge in [0.05, 0.1) is 18.0 Å². The van der Waals surface area contributed by atoms with Crippen molar-refractivity contribution < 1.29 is 5.11 Å². The summed E-state index contributed by atoms with van der Waals surface area (Å²) in [5, 5.41) is 17.9. The van der Waals surface area contributed by atoms with Crippen LogP contribution in [0.3, 0.4) is 0 Å². The molecule has 0 spiro atoms. The molecule has 0 aliphatic carbocycles. The largest absolute Gasteiger partial charge is 0.387 e. The molecule has 0 saturated heterocycles. The number of pyridine rings is 1. The molecule has 0 fully saturated rings. The summed E-state index contributed by atoms with van der Waals surface area (Å²) in [5.74, 6) is 0.780. The third-order valence-corrected chi connectivity index (χ3v) is 4.00. The summed E-state index contributed by atoms with van der Waals surface area (Å²) in [5.41, 5.74) is 3.46. The Labute approximate surface area is 144 Å². The van der Waals surface area contributed by atoms with Crippen LogP contribution in [0.4, 0.5) is 5.82 Å². The van der Waals surface area contributed by atoms with Crippen LogP contribution in [0.5, 0.6) is 0 Å². The van der Waals surface area contributed by atoms with E-state index in [0.717, 1.165) is 28.3 Å². The van der Waals surface area contributed by atoms with Crippen molar-refractivity contribution in [3.05, 3.63) is 78.8 Å². The van der Waals surface area contributed by atoms with Gasteiger partial charge in [0.1, 0.15) is 5.82 Å². The van der Waals surface area contributed by atoms with Gasteiger partial charge >= 0.3 is 0 Å². The number of nitrogens with one attached hydrogen (secondary N) is 1. The molecule has 3 heterocycles. The standard InChI is InChI=1S/C19H17N5O/c25-17(15-6-9-20-10-7-15)13-21-19-12-16(14-4-2-1-3-5-14)23-18-8-11-22-24(18)19/h1-12,17,21,25H,13H2/t17-/m1/s1. The van der Waals surface area contributed by atoms with Gasteiger partial charge in [-0.1, -0.05) is 30.3 Å². The minimum Gasteiger partial charge on any atom is -0.387 e. The summed E-state index contributed by atoms with van der Waals surface area (Å²) in [6.45, 7) is 0.358. The molecule has 0 aliphatic rings. The van der Waals surface area contributed by atoms with Crippen LogP contribution < -0.4 is 5.32 Å². The van der Waals surface area contributed by atoms with Crippen LogP contribution >= 0.6 is 0 Å². The van der Waals surface area contributed by atoms with Crippen molar-refractivity contribution in [2.45, 2.75) is 6.10 Å². The summed E-state index contributed by atoms with van der Waals surface area (Å²) < 4.78 is 1.73. The first-order valence-electron chi connectivity index (χ1n) is 8.03. The highest BCUT2D eigenvalue weighted by atomic mass is 16.3. The molecule has 0 unspecified atom stereocenters. The van der Waals surface area contributed by atoms with E-state index < -0.39 is 6.10 Å². The fraction of sp³-hybridized carbons (Fsp3) is 0.105. The molecule has 4 aromatic rings. The highest BCUT2D eigenvalue weighted by Gasteiger charge is 2.11. The fourth-order valence-corrected chi connectivity index (χ4v) is 2.70. The third kappa shape index (κ3) is 3.20. The average Bonchev–Trinajstić information content (AvgIpc) is 3.16. The van der Waals surface area contributed by atoms with E-state index >= 15 is 0 Å². The maximum atomic E-state index is 10.4. The van der Waals surface area contributed by atoms with E-state index in [4.69, 9.17) is 0 Å². The molecule has 3 aromatic heterocycles. The van der Waals surface area contributed by atoms with Crippen molar-refractivity contribution in [1.29, 1.82) is 0 Å². The van der Waals surface area contributed by atoms with Gasteiger partial charge in [0, 0.05) is 36.6 Å². The molecule has 1 atom stereocenters. The number of anilines is 1. The van der Waals surface area contributed by atoms with Crippen LogP contribution in [0, 0.1) is 0 Å². The first-order valence-corrected chi connectivity index (χ1v) is 8.03. The maximum Gasteiger partial charge on any atom is 0.157 e. The lowest BCUT2D eigenvalue weighted by Crippen LogP contribution is -2.15. The third-order valence-electron chi connectivity index (χ3n) is 4.00. The summed E-state index contributed by atoms with van der Waals surface area (Å²) in [6.07, 6.45) is 4.41. The molecule has 25 heavy (non-hydrogen) atoms. The molecule has 6 nitrogen and oxygen atoms in total. The lowest BCUT2D eigenvalue weighted by atomic mass is 10.1. The van der Waals surface area contributed by atoms with E-state index in [1.807, 2.05) is 42.5 Å². The Morgan fingerprint density at radius 2 is 1.80 bits per heavy atom. The van der Waals surface area contributed by atoms with Crippen molar-refractivity contribution >= 4 is 11.5 Å². The van der Waals surface area contributed by atoms with Gasteiger partial charge in [-0.2, -0.15) is 9.61 Å². The average molecular weight is 331 g/mol. The number of aliphatic hydroxyl groups is 1. The van der Waals surface area contributed by atoms with E-state index in [1.165, 1.54) is 0 Å². The molecular weight excluding hydrogens is 314 g/mol. The highest BCUT2D eigenvalue weighted by molar-refractivity contribution is 5.66. The number of aliphatic hydroxyl groups excluding tert-OH is 1. The number of rotatable bonds is 5. The SMILES string of the molecule is O[C@H](CNc1cc(-c2ccccc2)nc2ccnn12)c1ccncc1. The molecule has 0 radical (unpaired) electrons. The smallest absolute Gasteiger partial charge is 0.157 e. The van der Waals surface area contributed by atoms with Crippen LogP contribution in [0.1, 0.15) is 11.7 Å². The molecule has 1 aromatic carbocycles. The zero-order valence-corrected chi connectivity index (χ0v) is 13.4. The molecule has 0 amide bonds. The summed E-state index contributed by atoms with van der Waals surface area (Å²) in [6, 6.07) is 17.4. The first kappa shape index (κ1) is 15.3.